The summed E-state index contributed by atoms with van der Waals surface area (Å²) >= 11 is 0. The molecule has 0 fully saturated rings. The molecule has 0 saturated carbocycles. The summed E-state index contributed by atoms with van der Waals surface area (Å²) in [6, 6.07) is 17.2. The molecule has 0 aliphatic carbocycles. The first-order valence-corrected chi connectivity index (χ1v) is 10.1. The normalized spacial score (nSPS) is 12.4. The van der Waals surface area contributed by atoms with Crippen LogP contribution in [-0.4, -0.2) is 49.3 Å². The monoisotopic (exact) mass is 411 g/mol. The summed E-state index contributed by atoms with van der Waals surface area (Å²) in [5.74, 6) is 0.251. The number of benzene rings is 2. The predicted octanol–water partition coefficient (Wildman–Crippen LogP) is 2.14. The van der Waals surface area contributed by atoms with Gasteiger partial charge in [0.15, 0.2) is 0 Å². The smallest absolute Gasteiger partial charge is 0.314 e. The third kappa shape index (κ3) is 8.87. The fraction of sp³-hybridized carbons (Fsp3) is 0.348. The van der Waals surface area contributed by atoms with Crippen LogP contribution >= 0.6 is 0 Å². The van der Waals surface area contributed by atoms with Crippen molar-refractivity contribution < 1.29 is 9.90 Å². The Balaban J connectivity index is 1.66. The molecule has 0 radical (unpaired) electrons. The molecule has 0 spiro atoms. The van der Waals surface area contributed by atoms with E-state index in [-0.39, 0.29) is 17.8 Å². The summed E-state index contributed by atoms with van der Waals surface area (Å²) in [6.45, 7) is 1.69. The Labute approximate surface area is 179 Å². The van der Waals surface area contributed by atoms with Gasteiger partial charge in [0.2, 0.25) is 0 Å². The molecule has 0 saturated heterocycles. The van der Waals surface area contributed by atoms with Crippen molar-refractivity contribution in [2.45, 2.75) is 25.4 Å². The standard InChI is InChI=1S/C23H33N5O2/c1-28(2)21(14-18-8-10-22(29)11-9-18)17-27-23(30)26-13-12-20(24)16-25-15-19-6-4-3-5-7-19/h3-11,16,21,25,29H,12-15,17,24H2,1-2H3,(H2,26,27,30)/b20-16-. The number of likely N-dealkylation sites (N-methyl/N-ethyl adjacent to an activating group) is 1. The SMILES string of the molecule is CN(C)C(CNC(=O)NCC/C(N)=C/NCc1ccccc1)Cc1ccc(O)cc1. The van der Waals surface area contributed by atoms with E-state index in [4.69, 9.17) is 5.73 Å². The maximum atomic E-state index is 12.1. The Morgan fingerprint density at radius 2 is 1.77 bits per heavy atom. The topological polar surface area (TPSA) is 103 Å². The Bertz CT molecular complexity index is 791. The van der Waals surface area contributed by atoms with Gasteiger partial charge in [-0.1, -0.05) is 42.5 Å². The van der Waals surface area contributed by atoms with E-state index in [9.17, 15) is 9.90 Å². The first-order valence-electron chi connectivity index (χ1n) is 10.1. The van der Waals surface area contributed by atoms with Crippen LogP contribution in [0, 0.1) is 0 Å². The largest absolute Gasteiger partial charge is 0.508 e. The number of phenols is 1. The molecule has 2 aromatic rings. The summed E-state index contributed by atoms with van der Waals surface area (Å²) in [6.07, 6.45) is 3.13. The number of nitrogens with one attached hydrogen (secondary N) is 3. The van der Waals surface area contributed by atoms with Crippen molar-refractivity contribution in [2.75, 3.05) is 27.2 Å². The van der Waals surface area contributed by atoms with Crippen LogP contribution < -0.4 is 21.7 Å². The van der Waals surface area contributed by atoms with E-state index in [1.807, 2.05) is 56.6 Å². The zero-order valence-electron chi connectivity index (χ0n) is 17.8. The van der Waals surface area contributed by atoms with Crippen molar-refractivity contribution in [1.29, 1.82) is 0 Å². The van der Waals surface area contributed by atoms with Gasteiger partial charge in [0.25, 0.3) is 0 Å². The molecule has 0 bridgehead atoms. The van der Waals surface area contributed by atoms with Gasteiger partial charge in [-0.2, -0.15) is 0 Å². The number of hydrogen-bond acceptors (Lipinski definition) is 5. The number of aromatic hydroxyl groups is 1. The molecule has 30 heavy (non-hydrogen) atoms. The molecule has 7 nitrogen and oxygen atoms in total. The minimum Gasteiger partial charge on any atom is -0.508 e. The average Bonchev–Trinajstić information content (AvgIpc) is 2.73. The van der Waals surface area contributed by atoms with Crippen LogP contribution in [0.4, 0.5) is 4.79 Å². The highest BCUT2D eigenvalue weighted by Gasteiger charge is 2.13. The summed E-state index contributed by atoms with van der Waals surface area (Å²) in [5, 5.41) is 18.3. The number of hydrogen-bond donors (Lipinski definition) is 5. The second-order valence-corrected chi connectivity index (χ2v) is 7.46. The van der Waals surface area contributed by atoms with Gasteiger partial charge in [-0.05, 0) is 43.8 Å². The van der Waals surface area contributed by atoms with E-state index < -0.39 is 0 Å². The summed E-state index contributed by atoms with van der Waals surface area (Å²) in [5.41, 5.74) is 8.96. The van der Waals surface area contributed by atoms with Crippen LogP contribution in [-0.2, 0) is 13.0 Å². The molecule has 6 N–H and O–H groups in total. The van der Waals surface area contributed by atoms with Crippen LogP contribution in [0.3, 0.4) is 0 Å². The third-order valence-corrected chi connectivity index (χ3v) is 4.77. The van der Waals surface area contributed by atoms with E-state index in [1.54, 1.807) is 18.3 Å². The third-order valence-electron chi connectivity index (χ3n) is 4.77. The number of nitrogens with two attached hydrogens (primary N) is 1. The molecule has 7 heteroatoms. The summed E-state index contributed by atoms with van der Waals surface area (Å²) in [7, 11) is 3.97. The molecule has 0 aromatic heterocycles. The Kier molecular flexibility index (Phi) is 9.54. The Morgan fingerprint density at radius 3 is 2.43 bits per heavy atom. The Hall–Kier alpha value is -3.19. The highest BCUT2D eigenvalue weighted by Crippen LogP contribution is 2.12. The van der Waals surface area contributed by atoms with Crippen LogP contribution in [0.5, 0.6) is 5.75 Å². The van der Waals surface area contributed by atoms with Gasteiger partial charge in [-0.25, -0.2) is 4.79 Å². The minimum absolute atomic E-state index is 0.146. The van der Waals surface area contributed by atoms with Gasteiger partial charge < -0.3 is 31.7 Å². The molecule has 0 aliphatic heterocycles. The molecule has 162 valence electrons. The molecular formula is C23H33N5O2. The molecule has 2 rings (SSSR count). The van der Waals surface area contributed by atoms with E-state index >= 15 is 0 Å². The fourth-order valence-electron chi connectivity index (χ4n) is 2.90. The predicted molar refractivity (Wildman–Crippen MR) is 121 cm³/mol. The van der Waals surface area contributed by atoms with Crippen molar-refractivity contribution in [3.63, 3.8) is 0 Å². The van der Waals surface area contributed by atoms with Gasteiger partial charge >= 0.3 is 6.03 Å². The van der Waals surface area contributed by atoms with Gasteiger partial charge in [0.1, 0.15) is 5.75 Å². The number of carbonyl (C=O) groups is 1. The first kappa shape index (κ1) is 23.1. The number of amides is 2. The lowest BCUT2D eigenvalue weighted by Crippen LogP contribution is -2.45. The molecule has 1 atom stereocenters. The first-order chi connectivity index (χ1) is 14.4. The Morgan fingerprint density at radius 1 is 1.07 bits per heavy atom. The lowest BCUT2D eigenvalue weighted by atomic mass is 10.1. The van der Waals surface area contributed by atoms with Crippen molar-refractivity contribution >= 4 is 6.03 Å². The van der Waals surface area contributed by atoms with E-state index in [2.05, 4.69) is 20.9 Å². The van der Waals surface area contributed by atoms with E-state index in [0.717, 1.165) is 12.0 Å². The average molecular weight is 412 g/mol. The van der Waals surface area contributed by atoms with E-state index in [0.29, 0.717) is 31.8 Å². The van der Waals surface area contributed by atoms with Crippen LogP contribution in [0.15, 0.2) is 66.5 Å². The highest BCUT2D eigenvalue weighted by atomic mass is 16.3. The molecule has 0 aliphatic rings. The summed E-state index contributed by atoms with van der Waals surface area (Å²) in [4.78, 5) is 14.2. The van der Waals surface area contributed by atoms with Crippen molar-refractivity contribution in [2.24, 2.45) is 5.73 Å². The van der Waals surface area contributed by atoms with Gasteiger partial charge in [0, 0.05) is 44.0 Å². The maximum Gasteiger partial charge on any atom is 0.314 e. The van der Waals surface area contributed by atoms with Crippen molar-refractivity contribution in [1.82, 2.24) is 20.9 Å². The molecule has 0 heterocycles. The second-order valence-electron chi connectivity index (χ2n) is 7.46. The molecule has 2 amide bonds. The van der Waals surface area contributed by atoms with Crippen LogP contribution in [0.25, 0.3) is 0 Å². The van der Waals surface area contributed by atoms with Gasteiger partial charge in [0.05, 0.1) is 0 Å². The summed E-state index contributed by atoms with van der Waals surface area (Å²) < 4.78 is 0. The number of carbonyl (C=O) groups excluding carboxylic acids is 1. The van der Waals surface area contributed by atoms with E-state index in [1.165, 1.54) is 5.56 Å². The minimum atomic E-state index is -0.211. The zero-order chi connectivity index (χ0) is 21.8. The zero-order valence-corrected chi connectivity index (χ0v) is 17.8. The number of rotatable bonds is 11. The number of urea groups is 1. The van der Waals surface area contributed by atoms with Crippen LogP contribution in [0.2, 0.25) is 0 Å². The lowest BCUT2D eigenvalue weighted by Gasteiger charge is -2.25. The fourth-order valence-corrected chi connectivity index (χ4v) is 2.90. The van der Waals surface area contributed by atoms with Crippen molar-refractivity contribution in [3.8, 4) is 5.75 Å². The molecular weight excluding hydrogens is 378 g/mol. The molecule has 1 unspecified atom stereocenters. The molecule has 2 aromatic carbocycles. The number of phenolic OH excluding ortho intramolecular Hbond substituents is 1. The van der Waals surface area contributed by atoms with Gasteiger partial charge in [-0.15, -0.1) is 0 Å². The van der Waals surface area contributed by atoms with Crippen LogP contribution in [0.1, 0.15) is 17.5 Å². The van der Waals surface area contributed by atoms with Crippen molar-refractivity contribution in [3.05, 3.63) is 77.6 Å². The number of nitrogens with zero attached hydrogens (tertiary/aromatic N) is 1. The second kappa shape index (κ2) is 12.4. The van der Waals surface area contributed by atoms with Gasteiger partial charge in [-0.3, -0.25) is 0 Å². The maximum absolute atomic E-state index is 12.1. The lowest BCUT2D eigenvalue weighted by molar-refractivity contribution is 0.232. The quantitative estimate of drug-likeness (QED) is 0.390. The highest BCUT2D eigenvalue weighted by molar-refractivity contribution is 5.73.